The summed E-state index contributed by atoms with van der Waals surface area (Å²) in [5, 5.41) is 7.54. The summed E-state index contributed by atoms with van der Waals surface area (Å²) >= 11 is 0. The maximum absolute atomic E-state index is 5.41. The Morgan fingerprint density at radius 2 is 2.57 bits per heavy atom. The van der Waals surface area contributed by atoms with Gasteiger partial charge in [0, 0.05) is 25.8 Å². The lowest BCUT2D eigenvalue weighted by atomic mass is 9.96. The predicted molar refractivity (Wildman–Crippen MR) is 53.9 cm³/mol. The highest BCUT2D eigenvalue weighted by Crippen LogP contribution is 2.27. The Labute approximate surface area is 84.3 Å². The molecule has 2 rings (SSSR count). The van der Waals surface area contributed by atoms with Crippen LogP contribution in [-0.2, 0) is 11.8 Å². The van der Waals surface area contributed by atoms with Crippen LogP contribution in [0.25, 0.3) is 0 Å². The minimum absolute atomic E-state index is 0.366. The van der Waals surface area contributed by atoms with Gasteiger partial charge in [-0.3, -0.25) is 4.68 Å². The van der Waals surface area contributed by atoms with Crippen molar-refractivity contribution in [2.45, 2.75) is 12.5 Å². The molecule has 0 radical (unpaired) electrons. The lowest BCUT2D eigenvalue weighted by molar-refractivity contribution is 0.177. The van der Waals surface area contributed by atoms with Gasteiger partial charge in [-0.2, -0.15) is 5.10 Å². The highest BCUT2D eigenvalue weighted by molar-refractivity contribution is 5.08. The van der Waals surface area contributed by atoms with Gasteiger partial charge in [-0.25, -0.2) is 0 Å². The molecule has 0 aliphatic carbocycles. The molecule has 1 aromatic heterocycles. The molecule has 14 heavy (non-hydrogen) atoms. The van der Waals surface area contributed by atoms with Crippen molar-refractivity contribution >= 4 is 0 Å². The van der Waals surface area contributed by atoms with E-state index in [0.717, 1.165) is 19.6 Å². The average Bonchev–Trinajstić information content (AvgIpc) is 2.80. The zero-order chi connectivity index (χ0) is 9.97. The van der Waals surface area contributed by atoms with Gasteiger partial charge in [0.25, 0.3) is 0 Å². The van der Waals surface area contributed by atoms with Gasteiger partial charge in [0.05, 0.1) is 18.3 Å². The highest BCUT2D eigenvalue weighted by Gasteiger charge is 2.27. The van der Waals surface area contributed by atoms with Crippen LogP contribution in [0.4, 0.5) is 0 Å². The fourth-order valence-electron chi connectivity index (χ4n) is 2.13. The van der Waals surface area contributed by atoms with Crippen molar-refractivity contribution in [3.63, 3.8) is 0 Å². The third kappa shape index (κ3) is 1.67. The largest absolute Gasteiger partial charge is 0.381 e. The van der Waals surface area contributed by atoms with Crippen molar-refractivity contribution in [3.8, 4) is 0 Å². The Hall–Kier alpha value is -0.870. The molecule has 0 saturated carbocycles. The van der Waals surface area contributed by atoms with Crippen LogP contribution < -0.4 is 5.32 Å². The lowest BCUT2D eigenvalue weighted by Crippen LogP contribution is -2.27. The van der Waals surface area contributed by atoms with E-state index in [1.807, 2.05) is 25.0 Å². The monoisotopic (exact) mass is 195 g/mol. The summed E-state index contributed by atoms with van der Waals surface area (Å²) in [4.78, 5) is 0. The summed E-state index contributed by atoms with van der Waals surface area (Å²) in [6.07, 6.45) is 2.98. The highest BCUT2D eigenvalue weighted by atomic mass is 16.5. The first-order chi connectivity index (χ1) is 6.83. The van der Waals surface area contributed by atoms with Crippen LogP contribution in [0.1, 0.15) is 18.2 Å². The molecule has 78 valence electrons. The van der Waals surface area contributed by atoms with Crippen LogP contribution in [0.3, 0.4) is 0 Å². The Bertz CT molecular complexity index is 291. The molecule has 1 aromatic rings. The normalized spacial score (nSPS) is 24.0. The first-order valence-corrected chi connectivity index (χ1v) is 5.06. The molecule has 0 amide bonds. The van der Waals surface area contributed by atoms with Crippen molar-refractivity contribution in [1.82, 2.24) is 15.1 Å². The SMILES string of the molecule is CNC(c1ccnn1C)C1CCOC1. The van der Waals surface area contributed by atoms with E-state index in [4.69, 9.17) is 4.74 Å². The van der Waals surface area contributed by atoms with Crippen molar-refractivity contribution in [2.24, 2.45) is 13.0 Å². The van der Waals surface area contributed by atoms with Crippen molar-refractivity contribution in [3.05, 3.63) is 18.0 Å². The fourth-order valence-corrected chi connectivity index (χ4v) is 2.13. The van der Waals surface area contributed by atoms with E-state index in [-0.39, 0.29) is 0 Å². The third-order valence-electron chi connectivity index (χ3n) is 2.92. The molecule has 1 saturated heterocycles. The summed E-state index contributed by atoms with van der Waals surface area (Å²) < 4.78 is 7.34. The van der Waals surface area contributed by atoms with Gasteiger partial charge in [-0.1, -0.05) is 0 Å². The molecule has 0 aromatic carbocycles. The molecule has 0 spiro atoms. The van der Waals surface area contributed by atoms with E-state index in [1.54, 1.807) is 0 Å². The molecule has 4 heteroatoms. The molecule has 1 aliphatic rings. The minimum Gasteiger partial charge on any atom is -0.381 e. The summed E-state index contributed by atoms with van der Waals surface area (Å²) in [7, 11) is 3.98. The number of nitrogens with one attached hydrogen (secondary N) is 1. The molecular weight excluding hydrogens is 178 g/mol. The summed E-state index contributed by atoms with van der Waals surface area (Å²) in [6.45, 7) is 1.75. The van der Waals surface area contributed by atoms with E-state index in [1.165, 1.54) is 5.69 Å². The van der Waals surface area contributed by atoms with E-state index in [0.29, 0.717) is 12.0 Å². The van der Waals surface area contributed by atoms with Gasteiger partial charge in [0.2, 0.25) is 0 Å². The molecule has 0 bridgehead atoms. The quantitative estimate of drug-likeness (QED) is 0.772. The summed E-state index contributed by atoms with van der Waals surface area (Å²) in [5.41, 5.74) is 1.24. The van der Waals surface area contributed by atoms with Crippen LogP contribution in [-0.4, -0.2) is 30.0 Å². The van der Waals surface area contributed by atoms with Gasteiger partial charge >= 0.3 is 0 Å². The molecule has 1 aliphatic heterocycles. The van der Waals surface area contributed by atoms with Crippen LogP contribution in [0.5, 0.6) is 0 Å². The Morgan fingerprint density at radius 3 is 3.07 bits per heavy atom. The second-order valence-corrected chi connectivity index (χ2v) is 3.77. The molecule has 2 atom stereocenters. The smallest absolute Gasteiger partial charge is 0.0553 e. The number of aryl methyl sites for hydroxylation is 1. The number of aromatic nitrogens is 2. The van der Waals surface area contributed by atoms with Gasteiger partial charge in [0.15, 0.2) is 0 Å². The molecule has 1 fully saturated rings. The van der Waals surface area contributed by atoms with Crippen LogP contribution >= 0.6 is 0 Å². The number of nitrogens with zero attached hydrogens (tertiary/aromatic N) is 2. The second-order valence-electron chi connectivity index (χ2n) is 3.77. The third-order valence-corrected chi connectivity index (χ3v) is 2.92. The number of hydrogen-bond donors (Lipinski definition) is 1. The number of ether oxygens (including phenoxy) is 1. The van der Waals surface area contributed by atoms with Gasteiger partial charge in [0.1, 0.15) is 0 Å². The molecule has 1 N–H and O–H groups in total. The van der Waals surface area contributed by atoms with Crippen molar-refractivity contribution < 1.29 is 4.74 Å². The lowest BCUT2D eigenvalue weighted by Gasteiger charge is -2.21. The van der Waals surface area contributed by atoms with E-state index in [2.05, 4.69) is 16.5 Å². The standard InChI is InChI=1S/C10H17N3O/c1-11-10(8-4-6-14-7-8)9-3-5-12-13(9)2/h3,5,8,10-11H,4,6-7H2,1-2H3. The maximum Gasteiger partial charge on any atom is 0.0553 e. The van der Waals surface area contributed by atoms with E-state index >= 15 is 0 Å². The minimum atomic E-state index is 0.366. The topological polar surface area (TPSA) is 39.1 Å². The molecule has 2 unspecified atom stereocenters. The first kappa shape index (κ1) is 9.68. The summed E-state index contributed by atoms with van der Waals surface area (Å²) in [6, 6.07) is 2.43. The zero-order valence-corrected chi connectivity index (χ0v) is 8.73. The molecule has 2 heterocycles. The van der Waals surface area contributed by atoms with Gasteiger partial charge in [-0.05, 0) is 19.5 Å². The maximum atomic E-state index is 5.41. The Morgan fingerprint density at radius 1 is 1.71 bits per heavy atom. The van der Waals surface area contributed by atoms with E-state index in [9.17, 15) is 0 Å². The van der Waals surface area contributed by atoms with Crippen molar-refractivity contribution in [1.29, 1.82) is 0 Å². The van der Waals surface area contributed by atoms with Crippen molar-refractivity contribution in [2.75, 3.05) is 20.3 Å². The molecule has 4 nitrogen and oxygen atoms in total. The Kier molecular flexibility index (Phi) is 2.84. The van der Waals surface area contributed by atoms with Gasteiger partial charge < -0.3 is 10.1 Å². The predicted octanol–water partition coefficient (Wildman–Crippen LogP) is 0.717. The van der Waals surface area contributed by atoms with E-state index < -0.39 is 0 Å². The average molecular weight is 195 g/mol. The first-order valence-electron chi connectivity index (χ1n) is 5.06. The van der Waals surface area contributed by atoms with Crippen LogP contribution in [0.15, 0.2) is 12.3 Å². The van der Waals surface area contributed by atoms with Gasteiger partial charge in [-0.15, -0.1) is 0 Å². The van der Waals surface area contributed by atoms with Crippen LogP contribution in [0, 0.1) is 5.92 Å². The number of hydrogen-bond acceptors (Lipinski definition) is 3. The van der Waals surface area contributed by atoms with Crippen LogP contribution in [0.2, 0.25) is 0 Å². The second kappa shape index (κ2) is 4.11. The number of rotatable bonds is 3. The summed E-state index contributed by atoms with van der Waals surface area (Å²) in [5.74, 6) is 0.579. The zero-order valence-electron chi connectivity index (χ0n) is 8.73. The fraction of sp³-hybridized carbons (Fsp3) is 0.700. The molecular formula is C10H17N3O. The Balaban J connectivity index is 2.16.